The van der Waals surface area contributed by atoms with Gasteiger partial charge in [-0.1, -0.05) is 30.3 Å². The van der Waals surface area contributed by atoms with Crippen LogP contribution in [0.1, 0.15) is 24.1 Å². The van der Waals surface area contributed by atoms with Gasteiger partial charge in [-0.15, -0.1) is 0 Å². The van der Waals surface area contributed by atoms with Gasteiger partial charge in [0.25, 0.3) is 0 Å². The fourth-order valence-corrected chi connectivity index (χ4v) is 1.68. The number of aromatic nitrogens is 1. The largest absolute Gasteiger partial charge is 0.266 e. The number of nitrogens with zero attached hydrogens (tertiary/aromatic N) is 3. The van der Waals surface area contributed by atoms with E-state index >= 15 is 0 Å². The molecule has 1 aromatic heterocycles. The smallest absolute Gasteiger partial charge is 0.143 e. The van der Waals surface area contributed by atoms with Gasteiger partial charge >= 0.3 is 0 Å². The summed E-state index contributed by atoms with van der Waals surface area (Å²) in [5.74, 6) is 0. The first-order valence-electron chi connectivity index (χ1n) is 5.74. The third-order valence-corrected chi connectivity index (χ3v) is 2.66. The second-order valence-electron chi connectivity index (χ2n) is 3.91. The molecule has 0 saturated heterocycles. The van der Waals surface area contributed by atoms with Crippen molar-refractivity contribution < 1.29 is 0 Å². The minimum absolute atomic E-state index is 0.0333. The minimum Gasteiger partial charge on any atom is -0.266 e. The highest BCUT2D eigenvalue weighted by Gasteiger charge is 2.07. The molecule has 0 aliphatic rings. The Morgan fingerprint density at radius 2 is 1.83 bits per heavy atom. The molecule has 1 heterocycles. The first kappa shape index (κ1) is 12.0. The third kappa shape index (κ3) is 2.80. The highest BCUT2D eigenvalue weighted by atomic mass is 14.8. The van der Waals surface area contributed by atoms with Crippen LogP contribution in [0.2, 0.25) is 0 Å². The van der Waals surface area contributed by atoms with Crippen LogP contribution in [0.4, 0.5) is 0 Å². The lowest BCUT2D eigenvalue weighted by molar-refractivity contribution is 0.822. The van der Waals surface area contributed by atoms with E-state index in [1.54, 1.807) is 24.5 Å². The molecule has 0 bridgehead atoms. The van der Waals surface area contributed by atoms with Crippen molar-refractivity contribution in [2.75, 3.05) is 0 Å². The summed E-state index contributed by atoms with van der Waals surface area (Å²) in [6, 6.07) is 15.6. The highest BCUT2D eigenvalue weighted by molar-refractivity contribution is 6.11. The van der Waals surface area contributed by atoms with E-state index in [9.17, 15) is 5.26 Å². The lowest BCUT2D eigenvalue weighted by Gasteiger charge is -2.07. The zero-order chi connectivity index (χ0) is 12.8. The Morgan fingerprint density at radius 1 is 1.17 bits per heavy atom. The zero-order valence-electron chi connectivity index (χ0n) is 10.1. The number of hydrogen-bond acceptors (Lipinski definition) is 3. The van der Waals surface area contributed by atoms with Gasteiger partial charge in [-0.05, 0) is 24.6 Å². The van der Waals surface area contributed by atoms with Gasteiger partial charge in [0.1, 0.15) is 11.8 Å². The molecule has 1 aromatic carbocycles. The van der Waals surface area contributed by atoms with Gasteiger partial charge in [0.15, 0.2) is 0 Å². The predicted molar refractivity (Wildman–Crippen MR) is 71.2 cm³/mol. The van der Waals surface area contributed by atoms with E-state index in [1.165, 1.54) is 0 Å². The maximum absolute atomic E-state index is 9.17. The van der Waals surface area contributed by atoms with Crippen molar-refractivity contribution in [3.63, 3.8) is 0 Å². The molecule has 0 fully saturated rings. The average molecular weight is 235 g/mol. The number of rotatable bonds is 3. The molecular formula is C15H13N3. The van der Waals surface area contributed by atoms with Gasteiger partial charge in [0.2, 0.25) is 0 Å². The topological polar surface area (TPSA) is 49.0 Å². The summed E-state index contributed by atoms with van der Waals surface area (Å²) in [6.07, 6.45) is 3.32. The third-order valence-electron chi connectivity index (χ3n) is 2.66. The second kappa shape index (κ2) is 5.74. The number of benzene rings is 1. The van der Waals surface area contributed by atoms with E-state index in [1.807, 2.05) is 37.3 Å². The summed E-state index contributed by atoms with van der Waals surface area (Å²) in [7, 11) is 0. The van der Waals surface area contributed by atoms with Crippen LogP contribution in [0.15, 0.2) is 59.9 Å². The van der Waals surface area contributed by atoms with Crippen LogP contribution >= 0.6 is 0 Å². The minimum atomic E-state index is -0.0333. The van der Waals surface area contributed by atoms with Gasteiger partial charge in [-0.2, -0.15) is 5.26 Å². The van der Waals surface area contributed by atoms with Gasteiger partial charge in [-0.25, -0.2) is 0 Å². The summed E-state index contributed by atoms with van der Waals surface area (Å²) < 4.78 is 0. The number of pyridine rings is 1. The lowest BCUT2D eigenvalue weighted by atomic mass is 10.1. The Kier molecular flexibility index (Phi) is 3.83. The molecule has 0 unspecified atom stereocenters. The van der Waals surface area contributed by atoms with Crippen LogP contribution in [0, 0.1) is 11.3 Å². The zero-order valence-corrected chi connectivity index (χ0v) is 10.1. The van der Waals surface area contributed by atoms with Crippen LogP contribution < -0.4 is 0 Å². The number of hydrogen-bond donors (Lipinski definition) is 0. The van der Waals surface area contributed by atoms with Crippen LogP contribution in [0.5, 0.6) is 0 Å². The molecule has 3 nitrogen and oxygen atoms in total. The average Bonchev–Trinajstić information content (AvgIpc) is 2.46. The molecule has 1 atom stereocenters. The van der Waals surface area contributed by atoms with E-state index in [2.05, 4.69) is 16.0 Å². The van der Waals surface area contributed by atoms with Crippen molar-refractivity contribution in [2.45, 2.75) is 13.0 Å². The molecule has 0 aliphatic carbocycles. The van der Waals surface area contributed by atoms with Crippen LogP contribution in [0.25, 0.3) is 0 Å². The Hall–Kier alpha value is -2.47. The van der Waals surface area contributed by atoms with Gasteiger partial charge in [0, 0.05) is 18.0 Å². The summed E-state index contributed by atoms with van der Waals surface area (Å²) in [5, 5.41) is 9.17. The quantitative estimate of drug-likeness (QED) is 0.767. The first-order valence-corrected chi connectivity index (χ1v) is 5.74. The van der Waals surface area contributed by atoms with E-state index < -0.39 is 0 Å². The van der Waals surface area contributed by atoms with E-state index in [0.29, 0.717) is 5.71 Å². The van der Waals surface area contributed by atoms with Crippen molar-refractivity contribution in [2.24, 2.45) is 4.99 Å². The molecule has 2 aromatic rings. The summed E-state index contributed by atoms with van der Waals surface area (Å²) in [4.78, 5) is 8.40. The summed E-state index contributed by atoms with van der Waals surface area (Å²) in [5.41, 5.74) is 2.34. The van der Waals surface area contributed by atoms with Gasteiger partial charge in [0.05, 0.1) is 6.04 Å². The number of nitriles is 1. The Balaban J connectivity index is 2.29. The van der Waals surface area contributed by atoms with Crippen LogP contribution in [0.3, 0.4) is 0 Å². The fraction of sp³-hybridized carbons (Fsp3) is 0.133. The Labute approximate surface area is 106 Å². The van der Waals surface area contributed by atoms with Crippen LogP contribution in [-0.2, 0) is 0 Å². The van der Waals surface area contributed by atoms with E-state index in [4.69, 9.17) is 0 Å². The summed E-state index contributed by atoms with van der Waals surface area (Å²) >= 11 is 0. The molecule has 0 aliphatic heterocycles. The van der Waals surface area contributed by atoms with Gasteiger partial charge < -0.3 is 0 Å². The fourth-order valence-electron chi connectivity index (χ4n) is 1.68. The lowest BCUT2D eigenvalue weighted by Crippen LogP contribution is -2.01. The molecule has 0 saturated carbocycles. The van der Waals surface area contributed by atoms with Crippen molar-refractivity contribution in [1.29, 1.82) is 5.26 Å². The van der Waals surface area contributed by atoms with Gasteiger partial charge in [-0.3, -0.25) is 9.98 Å². The maximum Gasteiger partial charge on any atom is 0.143 e. The Bertz CT molecular complexity index is 568. The maximum atomic E-state index is 9.17. The van der Waals surface area contributed by atoms with Crippen molar-refractivity contribution in [1.82, 2.24) is 4.98 Å². The SMILES string of the molecule is C[C@H](N=C(C#N)c1ccncc1)c1ccccc1. The van der Waals surface area contributed by atoms with Crippen molar-refractivity contribution >= 4 is 5.71 Å². The molecule has 0 spiro atoms. The summed E-state index contributed by atoms with van der Waals surface area (Å²) in [6.45, 7) is 1.98. The van der Waals surface area contributed by atoms with Crippen molar-refractivity contribution in [3.8, 4) is 6.07 Å². The second-order valence-corrected chi connectivity index (χ2v) is 3.91. The standard InChI is InChI=1S/C15H13N3/c1-12(13-5-3-2-4-6-13)18-15(11-16)14-7-9-17-10-8-14/h2-10,12H,1H3/t12-/m0/s1. The first-order chi connectivity index (χ1) is 8.81. The number of aliphatic imine (C=N–C) groups is 1. The highest BCUT2D eigenvalue weighted by Crippen LogP contribution is 2.17. The Morgan fingerprint density at radius 3 is 2.44 bits per heavy atom. The molecule has 0 N–H and O–H groups in total. The molecule has 0 amide bonds. The molecule has 88 valence electrons. The van der Waals surface area contributed by atoms with Crippen molar-refractivity contribution in [3.05, 3.63) is 66.0 Å². The normalized spacial score (nSPS) is 12.8. The molecule has 0 radical (unpaired) electrons. The molecule has 18 heavy (non-hydrogen) atoms. The molecule has 2 rings (SSSR count). The van der Waals surface area contributed by atoms with Crippen LogP contribution in [-0.4, -0.2) is 10.7 Å². The predicted octanol–water partition coefficient (Wildman–Crippen LogP) is 3.16. The molecular weight excluding hydrogens is 222 g/mol. The molecule has 3 heteroatoms. The monoisotopic (exact) mass is 235 g/mol. The van der Waals surface area contributed by atoms with E-state index in [-0.39, 0.29) is 6.04 Å². The van der Waals surface area contributed by atoms with E-state index in [0.717, 1.165) is 11.1 Å².